The molecule has 0 saturated heterocycles. The molecule has 2 heterocycles. The highest BCUT2D eigenvalue weighted by atomic mass is 32.2. The van der Waals surface area contributed by atoms with E-state index in [-0.39, 0.29) is 17.6 Å². The summed E-state index contributed by atoms with van der Waals surface area (Å²) in [7, 11) is 0. The Morgan fingerprint density at radius 1 is 1.00 bits per heavy atom. The number of carbonyl (C=O) groups excluding carboxylic acids is 1. The molecule has 30 heavy (non-hydrogen) atoms. The highest BCUT2D eigenvalue weighted by Gasteiger charge is 2.32. The van der Waals surface area contributed by atoms with E-state index in [1.807, 2.05) is 0 Å². The number of halogens is 3. The summed E-state index contributed by atoms with van der Waals surface area (Å²) < 4.78 is 44.0. The number of alkyl halides is 2. The number of urea groups is 1. The second-order valence-electron chi connectivity index (χ2n) is 7.09. The van der Waals surface area contributed by atoms with Gasteiger partial charge in [-0.15, -0.1) is 0 Å². The zero-order valence-corrected chi connectivity index (χ0v) is 16.8. The SMILES string of the molecule is O=C(NCc1ccc(F)cc1)N1CC2=C(CN(Sc3ccc(OC(F)F)cc3)C2)C1. The molecule has 0 saturated carbocycles. The number of rotatable bonds is 6. The summed E-state index contributed by atoms with van der Waals surface area (Å²) in [5, 5.41) is 2.87. The molecule has 0 fully saturated rings. The number of hydrogen-bond donors (Lipinski definition) is 1. The molecule has 0 aliphatic carbocycles. The van der Waals surface area contributed by atoms with Crippen LogP contribution in [-0.4, -0.2) is 48.0 Å². The van der Waals surface area contributed by atoms with E-state index in [1.165, 1.54) is 35.4 Å². The Morgan fingerprint density at radius 3 is 2.23 bits per heavy atom. The first-order chi connectivity index (χ1) is 14.5. The van der Waals surface area contributed by atoms with E-state index < -0.39 is 6.61 Å². The van der Waals surface area contributed by atoms with Crippen LogP contribution in [0.1, 0.15) is 5.56 Å². The molecule has 0 aromatic heterocycles. The average Bonchev–Trinajstić information content (AvgIpc) is 3.27. The van der Waals surface area contributed by atoms with Crippen molar-refractivity contribution in [3.05, 3.63) is 71.1 Å². The molecule has 2 amide bonds. The first-order valence-electron chi connectivity index (χ1n) is 9.41. The van der Waals surface area contributed by atoms with Crippen LogP contribution in [0, 0.1) is 5.82 Å². The third-order valence-electron chi connectivity index (χ3n) is 4.93. The van der Waals surface area contributed by atoms with Crippen molar-refractivity contribution < 1.29 is 22.7 Å². The summed E-state index contributed by atoms with van der Waals surface area (Å²) in [5.74, 6) is -0.163. The van der Waals surface area contributed by atoms with Gasteiger partial charge in [-0.2, -0.15) is 8.78 Å². The van der Waals surface area contributed by atoms with Crippen LogP contribution in [0.2, 0.25) is 0 Å². The monoisotopic (exact) mass is 435 g/mol. The number of benzene rings is 2. The lowest BCUT2D eigenvalue weighted by molar-refractivity contribution is -0.0498. The average molecular weight is 435 g/mol. The lowest BCUT2D eigenvalue weighted by Gasteiger charge is -2.22. The molecule has 4 rings (SSSR count). The van der Waals surface area contributed by atoms with Gasteiger partial charge in [0, 0.05) is 37.6 Å². The van der Waals surface area contributed by atoms with Crippen LogP contribution in [0.4, 0.5) is 18.0 Å². The zero-order chi connectivity index (χ0) is 21.1. The first-order valence-corrected chi connectivity index (χ1v) is 10.2. The third kappa shape index (κ3) is 5.09. The van der Waals surface area contributed by atoms with E-state index in [0.29, 0.717) is 19.6 Å². The van der Waals surface area contributed by atoms with Gasteiger partial charge in [-0.3, -0.25) is 0 Å². The van der Waals surface area contributed by atoms with Crippen molar-refractivity contribution in [2.75, 3.05) is 26.2 Å². The van der Waals surface area contributed by atoms with E-state index in [2.05, 4.69) is 14.4 Å². The summed E-state index contributed by atoms with van der Waals surface area (Å²) in [4.78, 5) is 15.1. The first kappa shape index (κ1) is 20.6. The van der Waals surface area contributed by atoms with Crippen LogP contribution in [-0.2, 0) is 6.54 Å². The van der Waals surface area contributed by atoms with E-state index in [0.717, 1.165) is 23.5 Å². The van der Waals surface area contributed by atoms with Crippen molar-refractivity contribution in [1.29, 1.82) is 0 Å². The Morgan fingerprint density at radius 2 is 1.63 bits per heavy atom. The molecule has 2 aromatic carbocycles. The molecular weight excluding hydrogens is 415 g/mol. The molecule has 0 unspecified atom stereocenters. The molecule has 0 radical (unpaired) electrons. The Labute approximate surface area is 176 Å². The van der Waals surface area contributed by atoms with Gasteiger partial charge in [-0.1, -0.05) is 12.1 Å². The van der Waals surface area contributed by atoms with Crippen molar-refractivity contribution >= 4 is 18.0 Å². The van der Waals surface area contributed by atoms with E-state index in [4.69, 9.17) is 0 Å². The molecule has 2 aliphatic rings. The highest BCUT2D eigenvalue weighted by Crippen LogP contribution is 2.33. The molecule has 5 nitrogen and oxygen atoms in total. The van der Waals surface area contributed by atoms with Gasteiger partial charge < -0.3 is 15.0 Å². The summed E-state index contributed by atoms with van der Waals surface area (Å²) in [6.07, 6.45) is 0. The molecule has 2 aliphatic heterocycles. The smallest absolute Gasteiger partial charge is 0.387 e. The minimum atomic E-state index is -2.83. The Bertz CT molecular complexity index is 918. The largest absolute Gasteiger partial charge is 0.435 e. The predicted octanol–water partition coefficient (Wildman–Crippen LogP) is 4.27. The van der Waals surface area contributed by atoms with Gasteiger partial charge in [-0.25, -0.2) is 13.5 Å². The maximum absolute atomic E-state index is 13.0. The van der Waals surface area contributed by atoms with Crippen molar-refractivity contribution in [2.45, 2.75) is 18.1 Å². The summed E-state index contributed by atoms with van der Waals surface area (Å²) >= 11 is 1.55. The van der Waals surface area contributed by atoms with E-state index in [1.54, 1.807) is 41.1 Å². The number of carbonyl (C=O) groups is 1. The standard InChI is InChI=1S/C21H20F3N3O2S/c22-17-3-1-14(2-4-17)9-25-21(28)26-10-15-12-27(13-16(15)11-26)30-19-7-5-18(6-8-19)29-20(23)24/h1-8,20H,9-13H2,(H,25,28). The molecule has 158 valence electrons. The number of nitrogens with one attached hydrogen (secondary N) is 1. The topological polar surface area (TPSA) is 44.8 Å². The lowest BCUT2D eigenvalue weighted by atomic mass is 10.2. The predicted molar refractivity (Wildman–Crippen MR) is 108 cm³/mol. The fraction of sp³-hybridized carbons (Fsp3) is 0.286. The maximum atomic E-state index is 13.0. The number of amides is 2. The van der Waals surface area contributed by atoms with Gasteiger partial charge >= 0.3 is 12.6 Å². The molecular formula is C21H20F3N3O2S. The Balaban J connectivity index is 1.23. The second-order valence-corrected chi connectivity index (χ2v) is 8.26. The van der Waals surface area contributed by atoms with Crippen LogP contribution in [0.15, 0.2) is 64.6 Å². The van der Waals surface area contributed by atoms with Crippen molar-refractivity contribution in [2.24, 2.45) is 0 Å². The lowest BCUT2D eigenvalue weighted by Crippen LogP contribution is -2.40. The van der Waals surface area contributed by atoms with Crippen LogP contribution >= 0.6 is 11.9 Å². The Hall–Kier alpha value is -2.65. The van der Waals surface area contributed by atoms with Gasteiger partial charge in [0.15, 0.2) is 0 Å². The number of hydrogen-bond acceptors (Lipinski definition) is 4. The van der Waals surface area contributed by atoms with E-state index in [9.17, 15) is 18.0 Å². The van der Waals surface area contributed by atoms with Crippen molar-refractivity contribution in [3.63, 3.8) is 0 Å². The second kappa shape index (κ2) is 9.01. The molecule has 2 aromatic rings. The van der Waals surface area contributed by atoms with Gasteiger partial charge in [0.2, 0.25) is 0 Å². The fourth-order valence-corrected chi connectivity index (χ4v) is 4.47. The minimum Gasteiger partial charge on any atom is -0.435 e. The maximum Gasteiger partial charge on any atom is 0.387 e. The Kier molecular flexibility index (Phi) is 6.19. The van der Waals surface area contributed by atoms with Gasteiger partial charge in [0.1, 0.15) is 11.6 Å². The molecule has 0 spiro atoms. The minimum absolute atomic E-state index is 0.137. The van der Waals surface area contributed by atoms with Crippen molar-refractivity contribution in [1.82, 2.24) is 14.5 Å². The summed E-state index contributed by atoms with van der Waals surface area (Å²) in [6.45, 7) is 0.192. The van der Waals surface area contributed by atoms with Gasteiger partial charge in [0.05, 0.1) is 0 Å². The summed E-state index contributed by atoms with van der Waals surface area (Å²) in [6, 6.07) is 12.5. The quantitative estimate of drug-likeness (QED) is 0.544. The molecule has 1 N–H and O–H groups in total. The third-order valence-corrected chi connectivity index (χ3v) is 5.92. The number of ether oxygens (including phenoxy) is 1. The van der Waals surface area contributed by atoms with E-state index >= 15 is 0 Å². The van der Waals surface area contributed by atoms with Crippen LogP contribution in [0.3, 0.4) is 0 Å². The van der Waals surface area contributed by atoms with Crippen molar-refractivity contribution in [3.8, 4) is 5.75 Å². The molecule has 0 bridgehead atoms. The van der Waals surface area contributed by atoms with Crippen LogP contribution in [0.5, 0.6) is 5.75 Å². The highest BCUT2D eigenvalue weighted by molar-refractivity contribution is 7.97. The molecule has 9 heteroatoms. The fourth-order valence-electron chi connectivity index (χ4n) is 3.48. The van der Waals surface area contributed by atoms with Gasteiger partial charge in [0.25, 0.3) is 0 Å². The van der Waals surface area contributed by atoms with Gasteiger partial charge in [-0.05, 0) is 65.1 Å². The zero-order valence-electron chi connectivity index (χ0n) is 16.0. The van der Waals surface area contributed by atoms with Crippen LogP contribution in [0.25, 0.3) is 0 Å². The number of nitrogens with zero attached hydrogens (tertiary/aromatic N) is 2. The van der Waals surface area contributed by atoms with Crippen LogP contribution < -0.4 is 10.1 Å². The summed E-state index contributed by atoms with van der Waals surface area (Å²) in [5.41, 5.74) is 3.31. The molecule has 0 atom stereocenters. The normalized spacial score (nSPS) is 16.3.